The highest BCUT2D eigenvalue weighted by atomic mass is 79.9. The van der Waals surface area contributed by atoms with Gasteiger partial charge < -0.3 is 14.2 Å². The lowest BCUT2D eigenvalue weighted by atomic mass is 10.1. The van der Waals surface area contributed by atoms with Crippen molar-refractivity contribution in [2.75, 3.05) is 32.8 Å². The summed E-state index contributed by atoms with van der Waals surface area (Å²) in [7, 11) is 3.19. The molecule has 0 fully saturated rings. The van der Waals surface area contributed by atoms with Gasteiger partial charge in [0.25, 0.3) is 0 Å². The molecule has 0 aliphatic rings. The highest BCUT2D eigenvalue weighted by molar-refractivity contribution is 9.09. The minimum atomic E-state index is -0.290. The van der Waals surface area contributed by atoms with E-state index in [0.29, 0.717) is 19.6 Å². The van der Waals surface area contributed by atoms with Crippen LogP contribution in [0.25, 0.3) is 0 Å². The fourth-order valence-electron chi connectivity index (χ4n) is 2.33. The van der Waals surface area contributed by atoms with Gasteiger partial charge in [0.05, 0.1) is 13.2 Å². The number of rotatable bonds is 16. The number of halogens is 1. The molecule has 0 bridgehead atoms. The first-order chi connectivity index (χ1) is 10.7. The molecule has 0 heterocycles. The first kappa shape index (κ1) is 21.9. The number of hydrogen-bond donors (Lipinski definition) is 0. The van der Waals surface area contributed by atoms with Gasteiger partial charge in [0.15, 0.2) is 0 Å². The van der Waals surface area contributed by atoms with Crippen LogP contribution in [0.2, 0.25) is 0 Å². The van der Waals surface area contributed by atoms with E-state index in [1.807, 2.05) is 0 Å². The Labute approximate surface area is 144 Å². The molecule has 0 unspecified atom stereocenters. The predicted octanol–water partition coefficient (Wildman–Crippen LogP) is 4.49. The SMILES string of the molecule is COCC(COC)OC(=O)CCCCCCCCCCCBr. The van der Waals surface area contributed by atoms with Crippen molar-refractivity contribution in [3.05, 3.63) is 0 Å². The first-order valence-electron chi connectivity index (χ1n) is 8.48. The average molecular weight is 381 g/mol. The predicted molar refractivity (Wildman–Crippen MR) is 93.6 cm³/mol. The lowest BCUT2D eigenvalue weighted by molar-refractivity contribution is -0.154. The third-order valence-corrected chi connectivity index (χ3v) is 4.08. The topological polar surface area (TPSA) is 44.8 Å². The summed E-state index contributed by atoms with van der Waals surface area (Å²) in [5, 5.41) is 1.12. The van der Waals surface area contributed by atoms with E-state index in [9.17, 15) is 4.79 Å². The Morgan fingerprint density at radius 3 is 1.73 bits per heavy atom. The number of alkyl halides is 1. The monoisotopic (exact) mass is 380 g/mol. The maximum absolute atomic E-state index is 11.7. The summed E-state index contributed by atoms with van der Waals surface area (Å²) < 4.78 is 15.3. The second-order valence-electron chi connectivity index (χ2n) is 5.64. The van der Waals surface area contributed by atoms with Crippen LogP contribution in [0, 0.1) is 0 Å². The van der Waals surface area contributed by atoms with E-state index in [0.717, 1.165) is 18.2 Å². The van der Waals surface area contributed by atoms with Crippen LogP contribution in [0.1, 0.15) is 64.2 Å². The van der Waals surface area contributed by atoms with Crippen molar-refractivity contribution in [3.8, 4) is 0 Å². The molecule has 0 aromatic carbocycles. The summed E-state index contributed by atoms with van der Waals surface area (Å²) in [5.74, 6) is -0.145. The van der Waals surface area contributed by atoms with Crippen molar-refractivity contribution < 1.29 is 19.0 Å². The van der Waals surface area contributed by atoms with E-state index in [4.69, 9.17) is 14.2 Å². The van der Waals surface area contributed by atoms with Crippen molar-refractivity contribution in [2.45, 2.75) is 70.3 Å². The highest BCUT2D eigenvalue weighted by Crippen LogP contribution is 2.11. The quantitative estimate of drug-likeness (QED) is 0.225. The van der Waals surface area contributed by atoms with E-state index < -0.39 is 0 Å². The van der Waals surface area contributed by atoms with E-state index in [-0.39, 0.29) is 12.1 Å². The van der Waals surface area contributed by atoms with Gasteiger partial charge >= 0.3 is 5.97 Å². The molecule has 0 N–H and O–H groups in total. The third-order valence-electron chi connectivity index (χ3n) is 3.52. The summed E-state index contributed by atoms with van der Waals surface area (Å²) in [6.45, 7) is 0.767. The molecule has 0 aliphatic carbocycles. The molecule has 0 spiro atoms. The van der Waals surface area contributed by atoms with E-state index in [1.165, 1.54) is 44.9 Å². The average Bonchev–Trinajstić information content (AvgIpc) is 2.49. The van der Waals surface area contributed by atoms with Crippen LogP contribution in [-0.4, -0.2) is 44.8 Å². The van der Waals surface area contributed by atoms with Crippen LogP contribution >= 0.6 is 15.9 Å². The molecule has 0 saturated carbocycles. The normalized spacial score (nSPS) is 11.1. The van der Waals surface area contributed by atoms with Crippen molar-refractivity contribution in [2.24, 2.45) is 0 Å². The number of unbranched alkanes of at least 4 members (excludes halogenated alkanes) is 8. The zero-order chi connectivity index (χ0) is 16.5. The number of ether oxygens (including phenoxy) is 3. The van der Waals surface area contributed by atoms with Crippen LogP contribution in [-0.2, 0) is 19.0 Å². The van der Waals surface area contributed by atoms with E-state index in [1.54, 1.807) is 14.2 Å². The molecule has 0 amide bonds. The van der Waals surface area contributed by atoms with E-state index >= 15 is 0 Å². The van der Waals surface area contributed by atoms with Crippen LogP contribution < -0.4 is 0 Å². The van der Waals surface area contributed by atoms with Gasteiger partial charge in [0.2, 0.25) is 0 Å². The number of carbonyl (C=O) groups excluding carboxylic acids is 1. The molecule has 0 aromatic heterocycles. The molecule has 5 heteroatoms. The van der Waals surface area contributed by atoms with Crippen LogP contribution in [0.4, 0.5) is 0 Å². The third kappa shape index (κ3) is 14.8. The Kier molecular flexibility index (Phi) is 17.1. The number of hydrogen-bond acceptors (Lipinski definition) is 4. The molecule has 4 nitrogen and oxygen atoms in total. The summed E-state index contributed by atoms with van der Waals surface area (Å²) in [5.41, 5.74) is 0. The molecule has 0 saturated heterocycles. The molecule has 22 heavy (non-hydrogen) atoms. The van der Waals surface area contributed by atoms with Gasteiger partial charge in [-0.05, 0) is 12.8 Å². The Morgan fingerprint density at radius 2 is 1.27 bits per heavy atom. The Bertz CT molecular complexity index is 243. The van der Waals surface area contributed by atoms with Gasteiger partial charge in [-0.3, -0.25) is 4.79 Å². The van der Waals surface area contributed by atoms with Crippen molar-refractivity contribution >= 4 is 21.9 Å². The largest absolute Gasteiger partial charge is 0.457 e. The fraction of sp³-hybridized carbons (Fsp3) is 0.941. The van der Waals surface area contributed by atoms with Gasteiger partial charge in [0, 0.05) is 26.0 Å². The maximum atomic E-state index is 11.7. The molecule has 0 radical (unpaired) electrons. The maximum Gasteiger partial charge on any atom is 0.306 e. The van der Waals surface area contributed by atoms with Crippen LogP contribution in [0.5, 0.6) is 0 Å². The summed E-state index contributed by atoms with van der Waals surface area (Å²) >= 11 is 3.45. The minimum Gasteiger partial charge on any atom is -0.457 e. The van der Waals surface area contributed by atoms with Gasteiger partial charge in [-0.25, -0.2) is 0 Å². The Morgan fingerprint density at radius 1 is 0.818 bits per heavy atom. The molecular formula is C17H33BrO4. The molecule has 0 aliphatic heterocycles. The number of carbonyl (C=O) groups is 1. The smallest absolute Gasteiger partial charge is 0.306 e. The van der Waals surface area contributed by atoms with Gasteiger partial charge in [0.1, 0.15) is 6.10 Å². The first-order valence-corrected chi connectivity index (χ1v) is 9.60. The second-order valence-corrected chi connectivity index (χ2v) is 6.44. The fourth-order valence-corrected chi connectivity index (χ4v) is 2.73. The van der Waals surface area contributed by atoms with E-state index in [2.05, 4.69) is 15.9 Å². The Balaban J connectivity index is 3.40. The summed E-state index contributed by atoms with van der Waals surface area (Å²) in [6, 6.07) is 0. The molecular weight excluding hydrogens is 348 g/mol. The minimum absolute atomic E-state index is 0.145. The van der Waals surface area contributed by atoms with Crippen LogP contribution in [0.3, 0.4) is 0 Å². The summed E-state index contributed by atoms with van der Waals surface area (Å²) in [6.07, 6.45) is 11.3. The lowest BCUT2D eigenvalue weighted by Gasteiger charge is -2.16. The van der Waals surface area contributed by atoms with Crippen molar-refractivity contribution in [3.63, 3.8) is 0 Å². The molecule has 0 rings (SSSR count). The number of esters is 1. The Hall–Kier alpha value is -0.130. The van der Waals surface area contributed by atoms with Crippen molar-refractivity contribution in [1.29, 1.82) is 0 Å². The van der Waals surface area contributed by atoms with Crippen molar-refractivity contribution in [1.82, 2.24) is 0 Å². The van der Waals surface area contributed by atoms with Gasteiger partial charge in [-0.1, -0.05) is 60.9 Å². The second kappa shape index (κ2) is 17.2. The molecule has 0 atom stereocenters. The highest BCUT2D eigenvalue weighted by Gasteiger charge is 2.13. The number of methoxy groups -OCH3 is 2. The summed E-state index contributed by atoms with van der Waals surface area (Å²) in [4.78, 5) is 11.7. The standard InChI is InChI=1S/C17H33BrO4/c1-20-14-16(15-21-2)22-17(19)12-10-8-6-4-3-5-7-9-11-13-18/h16H,3-15H2,1-2H3. The molecule has 0 aromatic rings. The van der Waals surface area contributed by atoms with Gasteiger partial charge in [-0.15, -0.1) is 0 Å². The lowest BCUT2D eigenvalue weighted by Crippen LogP contribution is -2.27. The van der Waals surface area contributed by atoms with Crippen LogP contribution in [0.15, 0.2) is 0 Å². The zero-order valence-electron chi connectivity index (χ0n) is 14.3. The zero-order valence-corrected chi connectivity index (χ0v) is 15.9. The molecule has 132 valence electrons. The van der Waals surface area contributed by atoms with Gasteiger partial charge in [-0.2, -0.15) is 0 Å².